The Morgan fingerprint density at radius 1 is 1.14 bits per heavy atom. The highest BCUT2D eigenvalue weighted by molar-refractivity contribution is 7.99. The third kappa shape index (κ3) is 6.22. The molecule has 0 saturated heterocycles. The number of esters is 1. The first-order valence-electron chi connectivity index (χ1n) is 12.0. The molecule has 186 valence electrons. The van der Waals surface area contributed by atoms with Gasteiger partial charge in [-0.15, -0.1) is 10.2 Å². The van der Waals surface area contributed by atoms with Gasteiger partial charge < -0.3 is 4.74 Å². The Balaban J connectivity index is 1.57. The quantitative estimate of drug-likeness (QED) is 0.231. The number of aryl methyl sites for hydroxylation is 1. The molecule has 5 nitrogen and oxygen atoms in total. The molecule has 35 heavy (non-hydrogen) atoms. The monoisotopic (exact) mass is 531 g/mol. The van der Waals surface area contributed by atoms with Crippen LogP contribution < -0.4 is 0 Å². The second-order valence-electron chi connectivity index (χ2n) is 9.73. The minimum atomic E-state index is -0.218. The number of benzene rings is 2. The number of nitrogens with zero attached hydrogens (tertiary/aromatic N) is 3. The summed E-state index contributed by atoms with van der Waals surface area (Å²) in [7, 11) is 0. The van der Waals surface area contributed by atoms with Crippen molar-refractivity contribution in [1.29, 1.82) is 0 Å². The normalized spacial score (nSPS) is 20.3. The third-order valence-electron chi connectivity index (χ3n) is 6.71. The molecule has 0 N–H and O–H groups in total. The van der Waals surface area contributed by atoms with Gasteiger partial charge in [-0.05, 0) is 79.5 Å². The molecule has 0 aliphatic heterocycles. The highest BCUT2D eigenvalue weighted by Gasteiger charge is 2.33. The van der Waals surface area contributed by atoms with E-state index in [0.29, 0.717) is 38.8 Å². The molecule has 0 unspecified atom stereocenters. The molecule has 0 bridgehead atoms. The molecule has 1 fully saturated rings. The molecule has 1 saturated carbocycles. The Morgan fingerprint density at radius 3 is 2.57 bits per heavy atom. The van der Waals surface area contributed by atoms with E-state index >= 15 is 0 Å². The zero-order valence-electron chi connectivity index (χ0n) is 20.5. The maximum absolute atomic E-state index is 12.9. The molecule has 2 aromatic carbocycles. The van der Waals surface area contributed by atoms with Crippen molar-refractivity contribution in [2.24, 2.45) is 17.8 Å². The summed E-state index contributed by atoms with van der Waals surface area (Å²) in [5.41, 5.74) is 2.67. The zero-order chi connectivity index (χ0) is 25.1. The van der Waals surface area contributed by atoms with Crippen molar-refractivity contribution in [3.8, 4) is 17.1 Å². The van der Waals surface area contributed by atoms with Crippen LogP contribution in [0.4, 0.5) is 0 Å². The molecule has 1 aliphatic rings. The van der Waals surface area contributed by atoms with Gasteiger partial charge >= 0.3 is 5.97 Å². The van der Waals surface area contributed by atoms with Crippen LogP contribution in [-0.4, -0.2) is 32.6 Å². The van der Waals surface area contributed by atoms with Crippen molar-refractivity contribution >= 4 is 40.9 Å². The molecule has 1 heterocycles. The van der Waals surface area contributed by atoms with Crippen LogP contribution in [-0.2, 0) is 9.53 Å². The predicted molar refractivity (Wildman–Crippen MR) is 143 cm³/mol. The zero-order valence-corrected chi connectivity index (χ0v) is 22.8. The van der Waals surface area contributed by atoms with Crippen LogP contribution in [0.2, 0.25) is 10.0 Å². The number of carbonyl (C=O) groups is 1. The second-order valence-corrected chi connectivity index (χ2v) is 11.5. The Kier molecular flexibility index (Phi) is 8.46. The van der Waals surface area contributed by atoms with E-state index < -0.39 is 0 Å². The summed E-state index contributed by atoms with van der Waals surface area (Å²) >= 11 is 13.8. The maximum atomic E-state index is 12.9. The summed E-state index contributed by atoms with van der Waals surface area (Å²) in [5, 5.41) is 10.7. The molecule has 4 rings (SSSR count). The van der Waals surface area contributed by atoms with E-state index in [4.69, 9.17) is 27.9 Å². The second kappa shape index (κ2) is 11.4. The molecular formula is C27H31Cl2N3O2S. The third-order valence-corrected chi connectivity index (χ3v) is 8.27. The van der Waals surface area contributed by atoms with Crippen molar-refractivity contribution in [2.45, 2.75) is 58.2 Å². The first-order valence-corrected chi connectivity index (χ1v) is 13.8. The largest absolute Gasteiger partial charge is 0.461 e. The van der Waals surface area contributed by atoms with E-state index in [-0.39, 0.29) is 17.8 Å². The van der Waals surface area contributed by atoms with Crippen LogP contribution in [0.3, 0.4) is 0 Å². The molecule has 1 aromatic heterocycles. The molecule has 3 aromatic rings. The van der Waals surface area contributed by atoms with E-state index in [9.17, 15) is 4.79 Å². The average molecular weight is 533 g/mol. The van der Waals surface area contributed by atoms with Crippen molar-refractivity contribution in [2.75, 3.05) is 5.75 Å². The van der Waals surface area contributed by atoms with E-state index in [1.54, 1.807) is 0 Å². The molecule has 3 atom stereocenters. The number of thioether (sulfide) groups is 1. The Bertz CT molecular complexity index is 1180. The van der Waals surface area contributed by atoms with Gasteiger partial charge in [0.25, 0.3) is 0 Å². The van der Waals surface area contributed by atoms with Gasteiger partial charge in [-0.25, -0.2) is 0 Å². The molecule has 0 spiro atoms. The van der Waals surface area contributed by atoms with Gasteiger partial charge in [-0.2, -0.15) is 0 Å². The summed E-state index contributed by atoms with van der Waals surface area (Å²) < 4.78 is 7.91. The molecule has 1 aliphatic carbocycles. The Hall–Kier alpha value is -2.02. The SMILES string of the molecule is Cc1ccc(-n2c(SCC(=O)O[C@@H]3C[C@@H](C)CC[C@@H]3C(C)C)nnc2-c2ccc(Cl)cc2)cc1Cl. The Morgan fingerprint density at radius 2 is 1.89 bits per heavy atom. The van der Waals surface area contributed by atoms with E-state index in [2.05, 4.69) is 31.0 Å². The van der Waals surface area contributed by atoms with Crippen molar-refractivity contribution in [3.63, 3.8) is 0 Å². The lowest BCUT2D eigenvalue weighted by Crippen LogP contribution is -2.36. The minimum absolute atomic E-state index is 0.0229. The van der Waals surface area contributed by atoms with Gasteiger partial charge in [0, 0.05) is 15.6 Å². The fraction of sp³-hybridized carbons (Fsp3) is 0.444. The fourth-order valence-corrected chi connectivity index (χ4v) is 5.71. The maximum Gasteiger partial charge on any atom is 0.316 e. The van der Waals surface area contributed by atoms with Crippen molar-refractivity contribution in [3.05, 3.63) is 58.1 Å². The van der Waals surface area contributed by atoms with Crippen LogP contribution in [0.5, 0.6) is 0 Å². The highest BCUT2D eigenvalue weighted by atomic mass is 35.5. The van der Waals surface area contributed by atoms with E-state index in [0.717, 1.165) is 29.7 Å². The molecule has 8 heteroatoms. The van der Waals surface area contributed by atoms with E-state index in [1.165, 1.54) is 18.2 Å². The average Bonchev–Trinajstić information content (AvgIpc) is 3.24. The predicted octanol–water partition coefficient (Wildman–Crippen LogP) is 7.65. The van der Waals surface area contributed by atoms with Gasteiger partial charge in [0.1, 0.15) is 6.10 Å². The van der Waals surface area contributed by atoms with Crippen molar-refractivity contribution in [1.82, 2.24) is 14.8 Å². The Labute approximate surface area is 221 Å². The lowest BCUT2D eigenvalue weighted by Gasteiger charge is -2.36. The fourth-order valence-electron chi connectivity index (χ4n) is 4.68. The lowest BCUT2D eigenvalue weighted by molar-refractivity contribution is -0.152. The van der Waals surface area contributed by atoms with Crippen LogP contribution in [0.1, 0.15) is 45.6 Å². The highest BCUT2D eigenvalue weighted by Crippen LogP contribution is 2.36. The number of carbonyl (C=O) groups excluding carboxylic acids is 1. The number of ether oxygens (including phenoxy) is 1. The number of aromatic nitrogens is 3. The van der Waals surface area contributed by atoms with Crippen LogP contribution in [0.15, 0.2) is 47.6 Å². The summed E-state index contributed by atoms with van der Waals surface area (Å²) in [6.45, 7) is 8.62. The summed E-state index contributed by atoms with van der Waals surface area (Å²) in [5.74, 6) is 2.07. The smallest absolute Gasteiger partial charge is 0.316 e. The van der Waals surface area contributed by atoms with E-state index in [1.807, 2.05) is 54.0 Å². The van der Waals surface area contributed by atoms with Crippen LogP contribution in [0.25, 0.3) is 17.1 Å². The number of hydrogen-bond donors (Lipinski definition) is 0. The van der Waals surface area contributed by atoms with Gasteiger partial charge in [0.15, 0.2) is 11.0 Å². The minimum Gasteiger partial charge on any atom is -0.461 e. The first kappa shape index (κ1) is 26.1. The number of rotatable bonds is 7. The van der Waals surface area contributed by atoms with Crippen molar-refractivity contribution < 1.29 is 9.53 Å². The number of halogens is 2. The number of hydrogen-bond acceptors (Lipinski definition) is 5. The standard InChI is InChI=1S/C27H31Cl2N3O2S/c1-16(2)22-12-5-17(3)13-24(22)34-25(33)15-35-27-31-30-26(19-7-9-20(28)10-8-19)32(27)21-11-6-18(4)23(29)14-21/h6-11,14,16-17,22,24H,5,12-13,15H2,1-4H3/t17-,22+,24+/m0/s1. The summed E-state index contributed by atoms with van der Waals surface area (Å²) in [4.78, 5) is 12.9. The van der Waals surface area contributed by atoms with Gasteiger partial charge in [0.2, 0.25) is 0 Å². The molecule has 0 amide bonds. The summed E-state index contributed by atoms with van der Waals surface area (Å²) in [6.07, 6.45) is 3.21. The lowest BCUT2D eigenvalue weighted by atomic mass is 9.75. The first-order chi connectivity index (χ1) is 16.7. The van der Waals surface area contributed by atoms with Crippen LogP contribution in [0, 0.1) is 24.7 Å². The molecular weight excluding hydrogens is 501 g/mol. The summed E-state index contributed by atoms with van der Waals surface area (Å²) in [6, 6.07) is 13.3. The molecule has 0 radical (unpaired) electrons. The van der Waals surface area contributed by atoms with Gasteiger partial charge in [-0.1, -0.05) is 68.2 Å². The van der Waals surface area contributed by atoms with Gasteiger partial charge in [0.05, 0.1) is 11.4 Å². The van der Waals surface area contributed by atoms with Gasteiger partial charge in [-0.3, -0.25) is 9.36 Å². The van der Waals surface area contributed by atoms with Crippen LogP contribution >= 0.6 is 35.0 Å². The topological polar surface area (TPSA) is 57.0 Å².